The topological polar surface area (TPSA) is 75.1 Å². The van der Waals surface area contributed by atoms with Crippen molar-refractivity contribution in [1.82, 2.24) is 9.97 Å². The summed E-state index contributed by atoms with van der Waals surface area (Å²) in [5, 5.41) is 12.1. The fourth-order valence-corrected chi connectivity index (χ4v) is 2.24. The molecule has 1 aliphatic rings. The van der Waals surface area contributed by atoms with Gasteiger partial charge in [0.2, 0.25) is 0 Å². The molecule has 0 amide bonds. The highest BCUT2D eigenvalue weighted by molar-refractivity contribution is 5.85. The van der Waals surface area contributed by atoms with E-state index in [9.17, 15) is 4.79 Å². The minimum Gasteiger partial charge on any atom is -0.476 e. The van der Waals surface area contributed by atoms with E-state index in [0.717, 1.165) is 0 Å². The molecule has 17 heavy (non-hydrogen) atoms. The molecular weight excluding hydrogens is 218 g/mol. The van der Waals surface area contributed by atoms with Crippen LogP contribution in [0.5, 0.6) is 0 Å². The molecule has 0 spiro atoms. The summed E-state index contributed by atoms with van der Waals surface area (Å²) < 4.78 is 0. The summed E-state index contributed by atoms with van der Waals surface area (Å²) in [6.07, 6.45) is 2.80. The number of anilines is 1. The molecule has 0 aromatic carbocycles. The van der Waals surface area contributed by atoms with Gasteiger partial charge < -0.3 is 10.4 Å². The number of rotatable bonds is 3. The van der Waals surface area contributed by atoms with Crippen LogP contribution >= 0.6 is 0 Å². The molecule has 0 atom stereocenters. The minimum absolute atomic E-state index is 0.0359. The third-order valence-electron chi connectivity index (χ3n) is 4.17. The van der Waals surface area contributed by atoms with Crippen LogP contribution in [0, 0.1) is 10.8 Å². The molecule has 5 heteroatoms. The van der Waals surface area contributed by atoms with Crippen molar-refractivity contribution in [2.24, 2.45) is 10.8 Å². The number of carboxylic acid groups (broad SMARTS) is 1. The number of nitrogens with zero attached hydrogens (tertiary/aromatic N) is 2. The Hall–Kier alpha value is -1.65. The first kappa shape index (κ1) is 11.8. The van der Waals surface area contributed by atoms with Crippen molar-refractivity contribution in [1.29, 1.82) is 0 Å². The molecule has 0 unspecified atom stereocenters. The van der Waals surface area contributed by atoms with Crippen molar-refractivity contribution < 1.29 is 9.90 Å². The van der Waals surface area contributed by atoms with Crippen LogP contribution in [0.2, 0.25) is 0 Å². The highest BCUT2D eigenvalue weighted by Crippen LogP contribution is 2.63. The van der Waals surface area contributed by atoms with Crippen LogP contribution in [0.4, 0.5) is 5.82 Å². The van der Waals surface area contributed by atoms with E-state index in [1.807, 2.05) is 0 Å². The maximum absolute atomic E-state index is 10.8. The van der Waals surface area contributed by atoms with Crippen molar-refractivity contribution in [2.75, 3.05) is 5.32 Å². The maximum atomic E-state index is 10.8. The van der Waals surface area contributed by atoms with Gasteiger partial charge >= 0.3 is 5.97 Å². The molecule has 1 heterocycles. The van der Waals surface area contributed by atoms with E-state index in [2.05, 4.69) is 43.0 Å². The predicted molar refractivity (Wildman–Crippen MR) is 64.0 cm³/mol. The van der Waals surface area contributed by atoms with E-state index in [4.69, 9.17) is 5.11 Å². The normalized spacial score (nSPS) is 20.9. The molecule has 0 radical (unpaired) electrons. The molecule has 1 aromatic heterocycles. The van der Waals surface area contributed by atoms with E-state index in [1.54, 1.807) is 6.20 Å². The molecule has 2 N–H and O–H groups in total. The van der Waals surface area contributed by atoms with Crippen LogP contribution in [-0.2, 0) is 0 Å². The molecule has 1 aliphatic carbocycles. The van der Waals surface area contributed by atoms with Gasteiger partial charge in [-0.15, -0.1) is 0 Å². The van der Waals surface area contributed by atoms with Crippen molar-refractivity contribution in [3.8, 4) is 0 Å². The third-order valence-corrected chi connectivity index (χ3v) is 4.17. The zero-order valence-corrected chi connectivity index (χ0v) is 10.5. The molecule has 0 bridgehead atoms. The molecule has 5 nitrogen and oxygen atoms in total. The summed E-state index contributed by atoms with van der Waals surface area (Å²) in [4.78, 5) is 18.7. The molecule has 0 aliphatic heterocycles. The smallest absolute Gasteiger partial charge is 0.356 e. The fraction of sp³-hybridized carbons (Fsp3) is 0.583. The van der Waals surface area contributed by atoms with E-state index in [0.29, 0.717) is 5.82 Å². The molecule has 2 rings (SSSR count). The predicted octanol–water partition coefficient (Wildman–Crippen LogP) is 2.02. The van der Waals surface area contributed by atoms with Gasteiger partial charge in [-0.25, -0.2) is 9.78 Å². The Bertz CT molecular complexity index is 455. The molecule has 0 saturated heterocycles. The Kier molecular flexibility index (Phi) is 2.38. The maximum Gasteiger partial charge on any atom is 0.356 e. The number of hydrogen-bond donors (Lipinski definition) is 2. The minimum atomic E-state index is -1.06. The monoisotopic (exact) mass is 235 g/mol. The van der Waals surface area contributed by atoms with Crippen molar-refractivity contribution >= 4 is 11.8 Å². The van der Waals surface area contributed by atoms with Crippen LogP contribution < -0.4 is 5.32 Å². The van der Waals surface area contributed by atoms with Gasteiger partial charge in [-0.2, -0.15) is 0 Å². The Morgan fingerprint density at radius 1 is 1.29 bits per heavy atom. The van der Waals surface area contributed by atoms with Gasteiger partial charge in [0.15, 0.2) is 5.69 Å². The second kappa shape index (κ2) is 3.42. The van der Waals surface area contributed by atoms with Crippen molar-refractivity contribution in [3.05, 3.63) is 18.1 Å². The lowest BCUT2D eigenvalue weighted by Crippen LogP contribution is -2.13. The highest BCUT2D eigenvalue weighted by atomic mass is 16.4. The van der Waals surface area contributed by atoms with E-state index < -0.39 is 5.97 Å². The van der Waals surface area contributed by atoms with Crippen LogP contribution in [0.25, 0.3) is 0 Å². The second-order valence-corrected chi connectivity index (χ2v) is 5.62. The first-order valence-electron chi connectivity index (χ1n) is 5.58. The first-order chi connectivity index (χ1) is 7.76. The zero-order valence-electron chi connectivity index (χ0n) is 10.5. The average molecular weight is 235 g/mol. The number of nitrogens with one attached hydrogen (secondary N) is 1. The lowest BCUT2D eigenvalue weighted by Gasteiger charge is -2.07. The zero-order chi connectivity index (χ0) is 12.8. The van der Waals surface area contributed by atoms with Crippen molar-refractivity contribution in [2.45, 2.75) is 33.7 Å². The third kappa shape index (κ3) is 1.75. The van der Waals surface area contributed by atoms with Gasteiger partial charge in [-0.05, 0) is 10.8 Å². The standard InChI is InChI=1S/C12H17N3O2/c1-11(2)10(12(11,3)4)15-8-6-13-5-7(14-8)9(16)17/h5-6,10H,1-4H3,(H,14,15)(H,16,17). The van der Waals surface area contributed by atoms with Gasteiger partial charge in [-0.3, -0.25) is 4.98 Å². The number of carboxylic acids is 1. The van der Waals surface area contributed by atoms with Gasteiger partial charge in [0, 0.05) is 6.04 Å². The average Bonchev–Trinajstić information content (AvgIpc) is 2.61. The Labute approximate surface area is 100 Å². The summed E-state index contributed by atoms with van der Waals surface area (Å²) in [5.74, 6) is -0.538. The van der Waals surface area contributed by atoms with Crippen molar-refractivity contribution in [3.63, 3.8) is 0 Å². The lowest BCUT2D eigenvalue weighted by molar-refractivity contribution is 0.0690. The number of carbonyl (C=O) groups is 1. The SMILES string of the molecule is CC1(C)C(Nc2cncc(C(=O)O)n2)C1(C)C. The fourth-order valence-electron chi connectivity index (χ4n) is 2.24. The van der Waals surface area contributed by atoms with E-state index in [-0.39, 0.29) is 22.6 Å². The second-order valence-electron chi connectivity index (χ2n) is 5.62. The first-order valence-corrected chi connectivity index (χ1v) is 5.58. The summed E-state index contributed by atoms with van der Waals surface area (Å²) in [5.41, 5.74) is 0.313. The molecule has 92 valence electrons. The van der Waals surface area contributed by atoms with Gasteiger partial charge in [0.25, 0.3) is 0 Å². The van der Waals surface area contributed by atoms with Crippen LogP contribution in [0.15, 0.2) is 12.4 Å². The summed E-state index contributed by atoms with van der Waals surface area (Å²) >= 11 is 0. The number of hydrogen-bond acceptors (Lipinski definition) is 4. The van der Waals surface area contributed by atoms with E-state index in [1.165, 1.54) is 6.20 Å². The van der Waals surface area contributed by atoms with Crippen LogP contribution in [0.3, 0.4) is 0 Å². The lowest BCUT2D eigenvalue weighted by atomic mass is 10.0. The molecule has 1 aromatic rings. The van der Waals surface area contributed by atoms with Gasteiger partial charge in [0.05, 0.1) is 12.4 Å². The summed E-state index contributed by atoms with van der Waals surface area (Å²) in [6, 6.07) is 0.286. The van der Waals surface area contributed by atoms with E-state index >= 15 is 0 Å². The Morgan fingerprint density at radius 2 is 1.88 bits per heavy atom. The highest BCUT2D eigenvalue weighted by Gasteiger charge is 2.65. The van der Waals surface area contributed by atoms with Gasteiger partial charge in [0.1, 0.15) is 5.82 Å². The molecule has 1 saturated carbocycles. The van der Waals surface area contributed by atoms with Crippen LogP contribution in [-0.4, -0.2) is 27.1 Å². The summed E-state index contributed by atoms with van der Waals surface area (Å²) in [6.45, 7) is 8.72. The number of aromatic nitrogens is 2. The summed E-state index contributed by atoms with van der Waals surface area (Å²) in [7, 11) is 0. The number of aromatic carboxylic acids is 1. The van der Waals surface area contributed by atoms with Crippen LogP contribution in [0.1, 0.15) is 38.2 Å². The Morgan fingerprint density at radius 3 is 2.35 bits per heavy atom. The quantitative estimate of drug-likeness (QED) is 0.838. The molecular formula is C12H17N3O2. The largest absolute Gasteiger partial charge is 0.476 e. The Balaban J connectivity index is 2.16. The van der Waals surface area contributed by atoms with Gasteiger partial charge in [-0.1, -0.05) is 27.7 Å². The molecule has 1 fully saturated rings.